The molecule has 0 saturated carbocycles. The van der Waals surface area contributed by atoms with Crippen molar-refractivity contribution in [1.82, 2.24) is 5.32 Å². The normalized spacial score (nSPS) is 12.1. The lowest BCUT2D eigenvalue weighted by atomic mass is 9.96. The average Bonchev–Trinajstić information content (AvgIpc) is 2.32. The smallest absolute Gasteiger partial charge is 0.227 e. The minimum absolute atomic E-state index is 0.0426. The second kappa shape index (κ2) is 7.01. The Bertz CT molecular complexity index is 311. The zero-order chi connectivity index (χ0) is 11.8. The monoisotopic (exact) mass is 220 g/mol. The van der Waals surface area contributed by atoms with Crippen molar-refractivity contribution >= 4 is 5.91 Å². The predicted octanol–water partition coefficient (Wildman–Crippen LogP) is 1.65. The lowest BCUT2D eigenvalue weighted by Gasteiger charge is -2.15. The SMILES string of the molecule is CCC(C(=O)NCCCN)c1ccccc1. The van der Waals surface area contributed by atoms with E-state index in [9.17, 15) is 4.79 Å². The molecule has 0 saturated heterocycles. The van der Waals surface area contributed by atoms with Gasteiger partial charge in [0.1, 0.15) is 0 Å². The van der Waals surface area contributed by atoms with Crippen LogP contribution in [0, 0.1) is 0 Å². The minimum atomic E-state index is -0.0426. The first-order valence-corrected chi connectivity index (χ1v) is 5.82. The molecular weight excluding hydrogens is 200 g/mol. The summed E-state index contributed by atoms with van der Waals surface area (Å²) in [7, 11) is 0. The molecule has 0 aromatic heterocycles. The molecule has 0 aliphatic heterocycles. The number of hydrogen-bond acceptors (Lipinski definition) is 2. The van der Waals surface area contributed by atoms with E-state index >= 15 is 0 Å². The molecule has 16 heavy (non-hydrogen) atoms. The molecule has 88 valence electrons. The molecule has 0 spiro atoms. The van der Waals surface area contributed by atoms with Crippen molar-refractivity contribution in [2.24, 2.45) is 5.73 Å². The first-order chi connectivity index (χ1) is 7.79. The summed E-state index contributed by atoms with van der Waals surface area (Å²) in [6.07, 6.45) is 1.65. The molecule has 1 amide bonds. The van der Waals surface area contributed by atoms with Gasteiger partial charge >= 0.3 is 0 Å². The van der Waals surface area contributed by atoms with Gasteiger partial charge in [-0.25, -0.2) is 0 Å². The van der Waals surface area contributed by atoms with Gasteiger partial charge in [0.05, 0.1) is 5.92 Å². The van der Waals surface area contributed by atoms with Crippen LogP contribution in [0.5, 0.6) is 0 Å². The van der Waals surface area contributed by atoms with Crippen LogP contribution in [0.25, 0.3) is 0 Å². The summed E-state index contributed by atoms with van der Waals surface area (Å²) in [6, 6.07) is 9.88. The van der Waals surface area contributed by atoms with Crippen LogP contribution in [0.2, 0.25) is 0 Å². The third-order valence-electron chi connectivity index (χ3n) is 2.61. The highest BCUT2D eigenvalue weighted by Crippen LogP contribution is 2.18. The van der Waals surface area contributed by atoms with Gasteiger partial charge in [-0.05, 0) is 24.9 Å². The van der Waals surface area contributed by atoms with E-state index in [1.165, 1.54) is 0 Å². The summed E-state index contributed by atoms with van der Waals surface area (Å²) in [5.41, 5.74) is 6.46. The Morgan fingerprint density at radius 1 is 1.38 bits per heavy atom. The Kier molecular flexibility index (Phi) is 5.57. The van der Waals surface area contributed by atoms with E-state index in [4.69, 9.17) is 5.73 Å². The van der Waals surface area contributed by atoms with Gasteiger partial charge in [0, 0.05) is 6.54 Å². The number of amides is 1. The van der Waals surface area contributed by atoms with E-state index in [1.807, 2.05) is 37.3 Å². The van der Waals surface area contributed by atoms with Gasteiger partial charge in [-0.1, -0.05) is 37.3 Å². The van der Waals surface area contributed by atoms with Gasteiger partial charge < -0.3 is 11.1 Å². The summed E-state index contributed by atoms with van der Waals surface area (Å²) in [6.45, 7) is 3.31. The highest BCUT2D eigenvalue weighted by Gasteiger charge is 2.17. The highest BCUT2D eigenvalue weighted by molar-refractivity contribution is 5.83. The van der Waals surface area contributed by atoms with Crippen LogP contribution < -0.4 is 11.1 Å². The Labute approximate surface area is 97.0 Å². The summed E-state index contributed by atoms with van der Waals surface area (Å²) in [5, 5.41) is 2.91. The average molecular weight is 220 g/mol. The quantitative estimate of drug-likeness (QED) is 0.716. The molecule has 1 aromatic carbocycles. The van der Waals surface area contributed by atoms with Crippen molar-refractivity contribution in [1.29, 1.82) is 0 Å². The summed E-state index contributed by atoms with van der Waals surface area (Å²) in [4.78, 5) is 11.9. The van der Waals surface area contributed by atoms with E-state index in [2.05, 4.69) is 5.32 Å². The van der Waals surface area contributed by atoms with E-state index < -0.39 is 0 Å². The molecule has 0 heterocycles. The zero-order valence-corrected chi connectivity index (χ0v) is 9.78. The number of nitrogens with one attached hydrogen (secondary N) is 1. The first-order valence-electron chi connectivity index (χ1n) is 5.82. The number of nitrogens with two attached hydrogens (primary N) is 1. The fourth-order valence-corrected chi connectivity index (χ4v) is 1.69. The van der Waals surface area contributed by atoms with Crippen LogP contribution in [0.3, 0.4) is 0 Å². The van der Waals surface area contributed by atoms with Crippen LogP contribution in [-0.4, -0.2) is 19.0 Å². The van der Waals surface area contributed by atoms with Crippen molar-refractivity contribution in [2.45, 2.75) is 25.7 Å². The summed E-state index contributed by atoms with van der Waals surface area (Å²) >= 11 is 0. The number of carbonyl (C=O) groups excluding carboxylic acids is 1. The van der Waals surface area contributed by atoms with Crippen molar-refractivity contribution < 1.29 is 4.79 Å². The minimum Gasteiger partial charge on any atom is -0.356 e. The fourth-order valence-electron chi connectivity index (χ4n) is 1.69. The Morgan fingerprint density at radius 2 is 2.06 bits per heavy atom. The van der Waals surface area contributed by atoms with E-state index in [-0.39, 0.29) is 11.8 Å². The van der Waals surface area contributed by atoms with Crippen LogP contribution in [0.4, 0.5) is 0 Å². The molecule has 3 heteroatoms. The lowest BCUT2D eigenvalue weighted by molar-refractivity contribution is -0.122. The van der Waals surface area contributed by atoms with Crippen LogP contribution >= 0.6 is 0 Å². The molecule has 1 atom stereocenters. The molecule has 3 nitrogen and oxygen atoms in total. The largest absolute Gasteiger partial charge is 0.356 e. The van der Waals surface area contributed by atoms with Gasteiger partial charge in [0.2, 0.25) is 5.91 Å². The number of benzene rings is 1. The van der Waals surface area contributed by atoms with Crippen LogP contribution in [0.1, 0.15) is 31.2 Å². The molecule has 0 radical (unpaired) electrons. The molecule has 0 bridgehead atoms. The van der Waals surface area contributed by atoms with Crippen molar-refractivity contribution in [3.63, 3.8) is 0 Å². The molecule has 0 aliphatic rings. The van der Waals surface area contributed by atoms with Crippen molar-refractivity contribution in [3.05, 3.63) is 35.9 Å². The van der Waals surface area contributed by atoms with Crippen LogP contribution in [-0.2, 0) is 4.79 Å². The number of hydrogen-bond donors (Lipinski definition) is 2. The van der Waals surface area contributed by atoms with Crippen molar-refractivity contribution in [2.75, 3.05) is 13.1 Å². The van der Waals surface area contributed by atoms with Crippen LogP contribution in [0.15, 0.2) is 30.3 Å². The number of rotatable bonds is 6. The highest BCUT2D eigenvalue weighted by atomic mass is 16.1. The predicted molar refractivity (Wildman–Crippen MR) is 66.2 cm³/mol. The maximum absolute atomic E-state index is 11.9. The second-order valence-corrected chi connectivity index (χ2v) is 3.80. The Morgan fingerprint density at radius 3 is 2.62 bits per heavy atom. The first kappa shape index (κ1) is 12.7. The standard InChI is InChI=1S/C13H20N2O/c1-2-12(11-7-4-3-5-8-11)13(16)15-10-6-9-14/h3-5,7-8,12H,2,6,9-10,14H2,1H3,(H,15,16). The summed E-state index contributed by atoms with van der Waals surface area (Å²) < 4.78 is 0. The molecule has 0 fully saturated rings. The van der Waals surface area contributed by atoms with E-state index in [1.54, 1.807) is 0 Å². The molecular formula is C13H20N2O. The van der Waals surface area contributed by atoms with Gasteiger partial charge in [0.15, 0.2) is 0 Å². The van der Waals surface area contributed by atoms with Crippen molar-refractivity contribution in [3.8, 4) is 0 Å². The maximum Gasteiger partial charge on any atom is 0.227 e. The molecule has 1 aromatic rings. The Hall–Kier alpha value is -1.35. The van der Waals surface area contributed by atoms with E-state index in [0.29, 0.717) is 13.1 Å². The van der Waals surface area contributed by atoms with E-state index in [0.717, 1.165) is 18.4 Å². The molecule has 0 aliphatic carbocycles. The summed E-state index contributed by atoms with van der Waals surface area (Å²) in [5.74, 6) is 0.0566. The third kappa shape index (κ3) is 3.66. The fraction of sp³-hybridized carbons (Fsp3) is 0.462. The van der Waals surface area contributed by atoms with Gasteiger partial charge in [-0.2, -0.15) is 0 Å². The Balaban J connectivity index is 2.57. The topological polar surface area (TPSA) is 55.1 Å². The molecule has 1 rings (SSSR count). The molecule has 3 N–H and O–H groups in total. The second-order valence-electron chi connectivity index (χ2n) is 3.80. The van der Waals surface area contributed by atoms with Gasteiger partial charge in [-0.15, -0.1) is 0 Å². The van der Waals surface area contributed by atoms with Gasteiger partial charge in [0.25, 0.3) is 0 Å². The number of carbonyl (C=O) groups is 1. The maximum atomic E-state index is 11.9. The zero-order valence-electron chi connectivity index (χ0n) is 9.78. The third-order valence-corrected chi connectivity index (χ3v) is 2.61. The lowest BCUT2D eigenvalue weighted by Crippen LogP contribution is -2.30. The molecule has 1 unspecified atom stereocenters. The van der Waals surface area contributed by atoms with Gasteiger partial charge in [-0.3, -0.25) is 4.79 Å².